The number of hydrogen-bond acceptors (Lipinski definition) is 6. The number of aliphatic imine (C=N–C) groups is 1. The van der Waals surface area contributed by atoms with E-state index in [1.807, 2.05) is 78.9 Å². The normalized spacial score (nSPS) is 11.4. The lowest BCUT2D eigenvalue weighted by Crippen LogP contribution is -2.03. The molecule has 0 bridgehead atoms. The average molecular weight is 511 g/mol. The monoisotopic (exact) mass is 510 g/mol. The van der Waals surface area contributed by atoms with Gasteiger partial charge in [0.1, 0.15) is 18.4 Å². The van der Waals surface area contributed by atoms with Crippen LogP contribution in [-0.4, -0.2) is 33.6 Å². The predicted octanol–water partition coefficient (Wildman–Crippen LogP) is 7.15. The zero-order chi connectivity index (χ0) is 27.2. The van der Waals surface area contributed by atoms with Crippen molar-refractivity contribution >= 4 is 17.4 Å². The van der Waals surface area contributed by atoms with Crippen LogP contribution < -0.4 is 18.9 Å². The van der Waals surface area contributed by atoms with Crippen LogP contribution in [0.3, 0.4) is 0 Å². The maximum absolute atomic E-state index is 10.1. The molecule has 3 rings (SSSR count). The highest BCUT2D eigenvalue weighted by Crippen LogP contribution is 2.34. The minimum Gasteiger partial charge on any atom is -0.493 e. The van der Waals surface area contributed by atoms with Gasteiger partial charge < -0.3 is 18.9 Å². The van der Waals surface area contributed by atoms with Crippen LogP contribution in [0.4, 0.5) is 0 Å². The molecule has 196 valence electrons. The van der Waals surface area contributed by atoms with Gasteiger partial charge in [-0.3, -0.25) is 4.99 Å². The molecule has 0 N–H and O–H groups in total. The molecule has 0 amide bonds. The summed E-state index contributed by atoms with van der Waals surface area (Å²) in [4.78, 5) is 4.65. The third-order valence-electron chi connectivity index (χ3n) is 5.88. The largest absolute Gasteiger partial charge is 0.493 e. The summed E-state index contributed by atoms with van der Waals surface area (Å²) in [5.74, 6) is 2.41. The number of rotatable bonds is 14. The molecule has 0 aliphatic rings. The number of nitrogens with zero attached hydrogens (tertiary/aromatic N) is 2. The first kappa shape index (κ1) is 28.1. The van der Waals surface area contributed by atoms with Gasteiger partial charge in [0.15, 0.2) is 23.0 Å². The van der Waals surface area contributed by atoms with Crippen molar-refractivity contribution in [3.63, 3.8) is 0 Å². The smallest absolute Gasteiger partial charge is 0.162 e. The standard InChI is InChI=1S/C32H34N2O4/c1-5-6-7-11-18-34-28(22-33)27(19-25-14-16-29(35-2)31(20-25)37-4)26-15-17-30(36-3)32(21-26)38-23-24-12-9-8-10-13-24/h5,8-10,12-17,19-21H,1,6-7,11,18,23H2,2-4H3/b27-19+,34-28?. The highest BCUT2D eigenvalue weighted by Gasteiger charge is 2.15. The summed E-state index contributed by atoms with van der Waals surface area (Å²) in [6, 6.07) is 23.5. The molecule has 6 heteroatoms. The molecular formula is C32H34N2O4. The summed E-state index contributed by atoms with van der Waals surface area (Å²) >= 11 is 0. The number of unbranched alkanes of at least 4 members (excludes halogenated alkanes) is 2. The molecule has 0 aliphatic heterocycles. The van der Waals surface area contributed by atoms with Crippen LogP contribution in [0.1, 0.15) is 36.0 Å². The quantitative estimate of drug-likeness (QED) is 0.0996. The minimum absolute atomic E-state index is 0.345. The summed E-state index contributed by atoms with van der Waals surface area (Å²) in [5.41, 5.74) is 3.69. The van der Waals surface area contributed by atoms with Crippen LogP contribution in [0.25, 0.3) is 11.6 Å². The molecule has 38 heavy (non-hydrogen) atoms. The molecule has 0 heterocycles. The van der Waals surface area contributed by atoms with Crippen molar-refractivity contribution in [2.45, 2.75) is 25.9 Å². The maximum Gasteiger partial charge on any atom is 0.162 e. The Morgan fingerprint density at radius 2 is 1.58 bits per heavy atom. The van der Waals surface area contributed by atoms with E-state index in [4.69, 9.17) is 18.9 Å². The molecule has 0 saturated carbocycles. The second-order valence-corrected chi connectivity index (χ2v) is 8.44. The van der Waals surface area contributed by atoms with Crippen LogP contribution in [-0.2, 0) is 6.61 Å². The van der Waals surface area contributed by atoms with E-state index in [0.717, 1.165) is 36.0 Å². The summed E-state index contributed by atoms with van der Waals surface area (Å²) in [6.45, 7) is 4.70. The highest BCUT2D eigenvalue weighted by atomic mass is 16.5. The first-order chi connectivity index (χ1) is 18.6. The Hall–Kier alpha value is -4.50. The van der Waals surface area contributed by atoms with E-state index in [0.29, 0.717) is 47.4 Å². The van der Waals surface area contributed by atoms with Crippen molar-refractivity contribution in [2.24, 2.45) is 4.99 Å². The number of methoxy groups -OCH3 is 3. The van der Waals surface area contributed by atoms with Gasteiger partial charge in [0.05, 0.1) is 21.3 Å². The Bertz CT molecular complexity index is 1310. The predicted molar refractivity (Wildman–Crippen MR) is 153 cm³/mol. The number of allylic oxidation sites excluding steroid dienone is 2. The van der Waals surface area contributed by atoms with E-state index >= 15 is 0 Å². The van der Waals surface area contributed by atoms with Gasteiger partial charge in [0.2, 0.25) is 0 Å². The van der Waals surface area contributed by atoms with Gasteiger partial charge in [0.25, 0.3) is 0 Å². The van der Waals surface area contributed by atoms with Crippen LogP contribution >= 0.6 is 0 Å². The fourth-order valence-corrected chi connectivity index (χ4v) is 3.86. The first-order valence-electron chi connectivity index (χ1n) is 12.5. The summed E-state index contributed by atoms with van der Waals surface area (Å²) < 4.78 is 22.6. The van der Waals surface area contributed by atoms with Crippen molar-refractivity contribution in [3.05, 3.63) is 96.1 Å². The van der Waals surface area contributed by atoms with E-state index in [-0.39, 0.29) is 0 Å². The van der Waals surface area contributed by atoms with Crippen molar-refractivity contribution in [3.8, 4) is 29.1 Å². The average Bonchev–Trinajstić information content (AvgIpc) is 2.97. The molecular weight excluding hydrogens is 476 g/mol. The Morgan fingerprint density at radius 3 is 2.26 bits per heavy atom. The van der Waals surface area contributed by atoms with Crippen LogP contribution in [0.15, 0.2) is 84.4 Å². The van der Waals surface area contributed by atoms with E-state index in [1.54, 1.807) is 21.3 Å². The molecule has 0 atom stereocenters. The number of hydrogen-bond donors (Lipinski definition) is 0. The fraction of sp³-hybridized carbons (Fsp3) is 0.250. The number of ether oxygens (including phenoxy) is 4. The zero-order valence-electron chi connectivity index (χ0n) is 22.3. The highest BCUT2D eigenvalue weighted by molar-refractivity contribution is 6.34. The molecule has 3 aromatic rings. The van der Waals surface area contributed by atoms with Gasteiger partial charge in [-0.1, -0.05) is 48.5 Å². The lowest BCUT2D eigenvalue weighted by Gasteiger charge is -2.14. The SMILES string of the molecule is C=CCCCCN=C(C#N)/C(=C/c1ccc(OC)c(OC)c1)c1ccc(OC)c(OCc2ccccc2)c1. The van der Waals surface area contributed by atoms with Gasteiger partial charge in [-0.2, -0.15) is 5.26 Å². The van der Waals surface area contributed by atoms with Crippen LogP contribution in [0, 0.1) is 11.3 Å². The molecule has 0 unspecified atom stereocenters. The Labute approximate surface area is 225 Å². The third kappa shape index (κ3) is 7.75. The number of nitriles is 1. The summed E-state index contributed by atoms with van der Waals surface area (Å²) in [6.07, 6.45) is 6.59. The Morgan fingerprint density at radius 1 is 0.868 bits per heavy atom. The minimum atomic E-state index is 0.345. The van der Waals surface area contributed by atoms with Crippen LogP contribution in [0.2, 0.25) is 0 Å². The van der Waals surface area contributed by atoms with Gasteiger partial charge >= 0.3 is 0 Å². The Balaban J connectivity index is 2.04. The second-order valence-electron chi connectivity index (χ2n) is 8.44. The molecule has 0 spiro atoms. The van der Waals surface area contributed by atoms with Crippen molar-refractivity contribution in [1.82, 2.24) is 0 Å². The molecule has 0 fully saturated rings. The molecule has 6 nitrogen and oxygen atoms in total. The third-order valence-corrected chi connectivity index (χ3v) is 5.88. The topological polar surface area (TPSA) is 73.1 Å². The van der Waals surface area contributed by atoms with E-state index in [1.165, 1.54) is 0 Å². The van der Waals surface area contributed by atoms with Crippen LogP contribution in [0.5, 0.6) is 23.0 Å². The van der Waals surface area contributed by atoms with Crippen molar-refractivity contribution in [1.29, 1.82) is 5.26 Å². The van der Waals surface area contributed by atoms with Crippen molar-refractivity contribution in [2.75, 3.05) is 27.9 Å². The lowest BCUT2D eigenvalue weighted by atomic mass is 9.98. The lowest BCUT2D eigenvalue weighted by molar-refractivity contribution is 0.284. The van der Waals surface area contributed by atoms with Gasteiger partial charge in [-0.25, -0.2) is 0 Å². The van der Waals surface area contributed by atoms with Gasteiger partial charge in [0, 0.05) is 12.1 Å². The first-order valence-corrected chi connectivity index (χ1v) is 12.5. The number of benzene rings is 3. The summed E-state index contributed by atoms with van der Waals surface area (Å²) in [7, 11) is 4.80. The molecule has 0 aromatic heterocycles. The van der Waals surface area contributed by atoms with E-state index in [2.05, 4.69) is 17.6 Å². The molecule has 3 aromatic carbocycles. The zero-order valence-corrected chi connectivity index (χ0v) is 22.3. The molecule has 0 aliphatic carbocycles. The summed E-state index contributed by atoms with van der Waals surface area (Å²) in [5, 5.41) is 10.1. The van der Waals surface area contributed by atoms with Gasteiger partial charge in [-0.05, 0) is 66.3 Å². The van der Waals surface area contributed by atoms with Gasteiger partial charge in [-0.15, -0.1) is 6.58 Å². The van der Waals surface area contributed by atoms with E-state index in [9.17, 15) is 5.26 Å². The van der Waals surface area contributed by atoms with E-state index < -0.39 is 0 Å². The Kier molecular flexibility index (Phi) is 11.0. The van der Waals surface area contributed by atoms with Crippen molar-refractivity contribution < 1.29 is 18.9 Å². The maximum atomic E-state index is 10.1. The fourth-order valence-electron chi connectivity index (χ4n) is 3.86. The second kappa shape index (κ2) is 14.9. The molecule has 0 saturated heterocycles. The molecule has 0 radical (unpaired) electrons.